The molecule has 1 aromatic rings. The molecule has 0 aromatic heterocycles. The van der Waals surface area contributed by atoms with E-state index in [0.717, 1.165) is 31.4 Å². The van der Waals surface area contributed by atoms with Gasteiger partial charge in [0.15, 0.2) is 11.5 Å². The van der Waals surface area contributed by atoms with Crippen LogP contribution in [0.1, 0.15) is 24.8 Å². The zero-order chi connectivity index (χ0) is 16.8. The number of alkyl halides is 2. The van der Waals surface area contributed by atoms with E-state index < -0.39 is 6.61 Å². The summed E-state index contributed by atoms with van der Waals surface area (Å²) in [6.07, 6.45) is 2.98. The van der Waals surface area contributed by atoms with Crippen molar-refractivity contribution in [2.24, 2.45) is 0 Å². The fourth-order valence-electron chi connectivity index (χ4n) is 2.68. The van der Waals surface area contributed by atoms with Gasteiger partial charge in [0, 0.05) is 13.6 Å². The number of piperidine rings is 1. The lowest BCUT2D eigenvalue weighted by Crippen LogP contribution is -2.46. The molecular formula is C16H22F2N2O3. The summed E-state index contributed by atoms with van der Waals surface area (Å²) in [6.45, 7) is -1.67. The van der Waals surface area contributed by atoms with Gasteiger partial charge in [0.25, 0.3) is 0 Å². The van der Waals surface area contributed by atoms with E-state index in [1.54, 1.807) is 24.1 Å². The van der Waals surface area contributed by atoms with Gasteiger partial charge in [0.2, 0.25) is 5.91 Å². The Morgan fingerprint density at radius 2 is 2.17 bits per heavy atom. The molecule has 1 N–H and O–H groups in total. The minimum absolute atomic E-state index is 0.0193. The molecule has 128 valence electrons. The Hall–Kier alpha value is -1.89. The molecular weight excluding hydrogens is 306 g/mol. The second-order valence-corrected chi connectivity index (χ2v) is 5.56. The number of hydrogen-bond acceptors (Lipinski definition) is 4. The zero-order valence-corrected chi connectivity index (χ0v) is 13.4. The average molecular weight is 328 g/mol. The highest BCUT2D eigenvalue weighted by molar-refractivity contribution is 5.81. The molecule has 1 aliphatic heterocycles. The molecule has 1 amide bonds. The lowest BCUT2D eigenvalue weighted by Gasteiger charge is -2.27. The summed E-state index contributed by atoms with van der Waals surface area (Å²) in [4.78, 5) is 14.0. The largest absolute Gasteiger partial charge is 0.493 e. The highest BCUT2D eigenvalue weighted by Gasteiger charge is 2.23. The molecule has 2 rings (SSSR count). The van der Waals surface area contributed by atoms with Crippen LogP contribution in [0.2, 0.25) is 0 Å². The van der Waals surface area contributed by atoms with Gasteiger partial charge >= 0.3 is 6.61 Å². The third-order valence-electron chi connectivity index (χ3n) is 3.85. The first kappa shape index (κ1) is 17.5. The number of likely N-dealkylation sites (N-methyl/N-ethyl adjacent to an activating group) is 1. The predicted octanol–water partition coefficient (Wildman–Crippen LogP) is 2.40. The molecule has 0 saturated carbocycles. The molecule has 7 heteroatoms. The van der Waals surface area contributed by atoms with E-state index in [1.807, 2.05) is 0 Å². The number of ether oxygens (including phenoxy) is 2. The van der Waals surface area contributed by atoms with Crippen LogP contribution in [0.5, 0.6) is 11.5 Å². The molecule has 5 nitrogen and oxygen atoms in total. The fourth-order valence-corrected chi connectivity index (χ4v) is 2.68. The average Bonchev–Trinajstić information content (AvgIpc) is 2.55. The van der Waals surface area contributed by atoms with Crippen molar-refractivity contribution >= 4 is 5.91 Å². The molecule has 0 unspecified atom stereocenters. The number of halogens is 2. The maximum atomic E-state index is 12.4. The van der Waals surface area contributed by atoms with Crippen molar-refractivity contribution in [1.29, 1.82) is 0 Å². The summed E-state index contributed by atoms with van der Waals surface area (Å²) in [5.41, 5.74) is 0.787. The summed E-state index contributed by atoms with van der Waals surface area (Å²) in [6, 6.07) is 4.54. The van der Waals surface area contributed by atoms with Crippen LogP contribution < -0.4 is 14.8 Å². The first-order chi connectivity index (χ1) is 11.0. The second-order valence-electron chi connectivity index (χ2n) is 5.56. The van der Waals surface area contributed by atoms with Crippen molar-refractivity contribution in [1.82, 2.24) is 10.2 Å². The van der Waals surface area contributed by atoms with Crippen molar-refractivity contribution in [3.05, 3.63) is 23.8 Å². The van der Waals surface area contributed by atoms with Crippen LogP contribution in [0.4, 0.5) is 8.78 Å². The zero-order valence-electron chi connectivity index (χ0n) is 13.4. The van der Waals surface area contributed by atoms with Gasteiger partial charge in [-0.1, -0.05) is 12.5 Å². The molecule has 1 atom stereocenters. The second kappa shape index (κ2) is 8.10. The van der Waals surface area contributed by atoms with E-state index in [-0.39, 0.29) is 23.4 Å². The highest BCUT2D eigenvalue weighted by atomic mass is 19.3. The summed E-state index contributed by atoms with van der Waals surface area (Å²) in [5.74, 6) is 0.241. The van der Waals surface area contributed by atoms with Gasteiger partial charge in [-0.25, -0.2) is 0 Å². The Bertz CT molecular complexity index is 534. The normalized spacial score (nSPS) is 17.9. The van der Waals surface area contributed by atoms with Gasteiger partial charge in [-0.05, 0) is 37.1 Å². The lowest BCUT2D eigenvalue weighted by molar-refractivity contribution is -0.133. The van der Waals surface area contributed by atoms with Crippen molar-refractivity contribution in [3.63, 3.8) is 0 Å². The van der Waals surface area contributed by atoms with Crippen LogP contribution in [0.3, 0.4) is 0 Å². The summed E-state index contributed by atoms with van der Waals surface area (Å²) < 4.78 is 34.1. The molecule has 0 aliphatic carbocycles. The van der Waals surface area contributed by atoms with E-state index in [1.165, 1.54) is 13.2 Å². The maximum Gasteiger partial charge on any atom is 0.387 e. The van der Waals surface area contributed by atoms with Gasteiger partial charge in [-0.3, -0.25) is 4.79 Å². The molecule has 1 heterocycles. The predicted molar refractivity (Wildman–Crippen MR) is 81.7 cm³/mol. The topological polar surface area (TPSA) is 50.8 Å². The number of nitrogens with zero attached hydrogens (tertiary/aromatic N) is 1. The maximum absolute atomic E-state index is 12.4. The number of nitrogens with one attached hydrogen (secondary N) is 1. The van der Waals surface area contributed by atoms with Crippen LogP contribution >= 0.6 is 0 Å². The van der Waals surface area contributed by atoms with Gasteiger partial charge in [0.1, 0.15) is 0 Å². The summed E-state index contributed by atoms with van der Waals surface area (Å²) in [5, 5.41) is 3.22. The highest BCUT2D eigenvalue weighted by Crippen LogP contribution is 2.29. The van der Waals surface area contributed by atoms with Crippen molar-refractivity contribution < 1.29 is 23.0 Å². The first-order valence-corrected chi connectivity index (χ1v) is 7.61. The number of amides is 1. The Morgan fingerprint density at radius 3 is 2.78 bits per heavy atom. The van der Waals surface area contributed by atoms with Crippen molar-refractivity contribution in [2.45, 2.75) is 38.5 Å². The number of carbonyl (C=O) groups excluding carboxylic acids is 1. The molecule has 1 fully saturated rings. The number of methoxy groups -OCH3 is 1. The standard InChI is InChI=1S/C16H22F2N2O3/c1-20(15(21)12-5-3-4-8-19-12)10-11-6-7-13(23-16(17)18)14(9-11)22-2/h6-7,9,12,16,19H,3-5,8,10H2,1-2H3/t12-/m0/s1. The Morgan fingerprint density at radius 1 is 1.39 bits per heavy atom. The van der Waals surface area contributed by atoms with Gasteiger partial charge < -0.3 is 19.7 Å². The summed E-state index contributed by atoms with van der Waals surface area (Å²) >= 11 is 0. The smallest absolute Gasteiger partial charge is 0.387 e. The molecule has 1 saturated heterocycles. The van der Waals surface area contributed by atoms with Crippen LogP contribution in [0.25, 0.3) is 0 Å². The minimum Gasteiger partial charge on any atom is -0.493 e. The quantitative estimate of drug-likeness (QED) is 0.871. The van der Waals surface area contributed by atoms with Crippen LogP contribution in [0, 0.1) is 0 Å². The Labute approximate surface area is 134 Å². The van der Waals surface area contributed by atoms with Gasteiger partial charge in [-0.2, -0.15) is 8.78 Å². The van der Waals surface area contributed by atoms with Crippen LogP contribution in [-0.2, 0) is 11.3 Å². The Kier molecular flexibility index (Phi) is 6.15. The van der Waals surface area contributed by atoms with Crippen molar-refractivity contribution in [3.8, 4) is 11.5 Å². The Balaban J connectivity index is 2.02. The van der Waals surface area contributed by atoms with E-state index in [9.17, 15) is 13.6 Å². The lowest BCUT2D eigenvalue weighted by atomic mass is 10.0. The van der Waals surface area contributed by atoms with Crippen LogP contribution in [-0.4, -0.2) is 44.2 Å². The van der Waals surface area contributed by atoms with Gasteiger partial charge in [-0.15, -0.1) is 0 Å². The molecule has 1 aromatic carbocycles. The molecule has 0 bridgehead atoms. The first-order valence-electron chi connectivity index (χ1n) is 7.61. The van der Waals surface area contributed by atoms with E-state index >= 15 is 0 Å². The van der Waals surface area contributed by atoms with E-state index in [4.69, 9.17) is 4.74 Å². The third kappa shape index (κ3) is 4.79. The van der Waals surface area contributed by atoms with Crippen molar-refractivity contribution in [2.75, 3.05) is 20.7 Å². The minimum atomic E-state index is -2.91. The molecule has 0 radical (unpaired) electrons. The fraction of sp³-hybridized carbons (Fsp3) is 0.562. The van der Waals surface area contributed by atoms with Crippen LogP contribution in [0.15, 0.2) is 18.2 Å². The number of hydrogen-bond donors (Lipinski definition) is 1. The number of benzene rings is 1. The van der Waals surface area contributed by atoms with Gasteiger partial charge in [0.05, 0.1) is 13.2 Å². The monoisotopic (exact) mass is 328 g/mol. The molecule has 1 aliphatic rings. The SMILES string of the molecule is COc1cc(CN(C)C(=O)[C@@H]2CCCCN2)ccc1OC(F)F. The number of rotatable bonds is 6. The van der Waals surface area contributed by atoms with E-state index in [2.05, 4.69) is 10.1 Å². The molecule has 23 heavy (non-hydrogen) atoms. The third-order valence-corrected chi connectivity index (χ3v) is 3.85. The molecule has 0 spiro atoms. The number of carbonyl (C=O) groups is 1. The summed E-state index contributed by atoms with van der Waals surface area (Å²) in [7, 11) is 3.12. The van der Waals surface area contributed by atoms with E-state index in [0.29, 0.717) is 6.54 Å².